The fourth-order valence-electron chi connectivity index (χ4n) is 2.53. The van der Waals surface area contributed by atoms with E-state index in [9.17, 15) is 4.79 Å². The summed E-state index contributed by atoms with van der Waals surface area (Å²) in [7, 11) is 0. The van der Waals surface area contributed by atoms with Crippen LogP contribution >= 0.6 is 11.8 Å². The molecule has 1 amide bonds. The van der Waals surface area contributed by atoms with E-state index in [4.69, 9.17) is 5.73 Å². The topological polar surface area (TPSA) is 55.1 Å². The molecule has 1 saturated carbocycles. The molecule has 1 atom stereocenters. The van der Waals surface area contributed by atoms with Gasteiger partial charge in [-0.15, -0.1) is 11.8 Å². The summed E-state index contributed by atoms with van der Waals surface area (Å²) in [6, 6.07) is 8.04. The molecule has 1 aliphatic rings. The lowest BCUT2D eigenvalue weighted by Gasteiger charge is -2.27. The Morgan fingerprint density at radius 2 is 1.85 bits per heavy atom. The number of rotatable bonds is 4. The zero-order valence-corrected chi connectivity index (χ0v) is 13.1. The van der Waals surface area contributed by atoms with Crippen LogP contribution in [0.1, 0.15) is 39.5 Å². The highest BCUT2D eigenvalue weighted by Crippen LogP contribution is 2.26. The monoisotopic (exact) mass is 292 g/mol. The molecule has 3 nitrogen and oxygen atoms in total. The Labute approximate surface area is 125 Å². The molecule has 0 saturated heterocycles. The van der Waals surface area contributed by atoms with Crippen molar-refractivity contribution in [2.75, 3.05) is 5.73 Å². The largest absolute Gasteiger partial charge is 0.399 e. The molecule has 1 aliphatic carbocycles. The molecule has 1 fully saturated rings. The highest BCUT2D eigenvalue weighted by atomic mass is 32.2. The Morgan fingerprint density at radius 1 is 1.25 bits per heavy atom. The molecule has 3 N–H and O–H groups in total. The minimum absolute atomic E-state index is 0.0713. The molecule has 2 rings (SSSR count). The van der Waals surface area contributed by atoms with Gasteiger partial charge in [0.15, 0.2) is 0 Å². The van der Waals surface area contributed by atoms with Crippen LogP contribution in [0, 0.1) is 5.92 Å². The smallest absolute Gasteiger partial charge is 0.233 e. The van der Waals surface area contributed by atoms with Crippen molar-refractivity contribution in [3.05, 3.63) is 24.3 Å². The second-order valence-corrected chi connectivity index (χ2v) is 7.21. The number of carbonyl (C=O) groups is 1. The number of thioether (sulfide) groups is 1. The first kappa shape index (κ1) is 15.2. The number of hydrogen-bond donors (Lipinski definition) is 2. The molecule has 1 unspecified atom stereocenters. The number of nitrogens with two attached hydrogens (primary N) is 1. The van der Waals surface area contributed by atoms with Crippen LogP contribution in [0.25, 0.3) is 0 Å². The minimum Gasteiger partial charge on any atom is -0.399 e. The lowest BCUT2D eigenvalue weighted by molar-refractivity contribution is -0.121. The summed E-state index contributed by atoms with van der Waals surface area (Å²) < 4.78 is 0. The molecule has 110 valence electrons. The van der Waals surface area contributed by atoms with Crippen LogP contribution in [0.2, 0.25) is 0 Å². The molecule has 0 heterocycles. The Balaban J connectivity index is 1.81. The van der Waals surface area contributed by atoms with Gasteiger partial charge in [0, 0.05) is 16.6 Å². The quantitative estimate of drug-likeness (QED) is 0.660. The van der Waals surface area contributed by atoms with Crippen LogP contribution in [0.5, 0.6) is 0 Å². The summed E-state index contributed by atoms with van der Waals surface area (Å²) in [5.41, 5.74) is 6.42. The highest BCUT2D eigenvalue weighted by Gasteiger charge is 2.22. The molecule has 0 bridgehead atoms. The van der Waals surface area contributed by atoms with E-state index in [2.05, 4.69) is 12.2 Å². The van der Waals surface area contributed by atoms with E-state index in [-0.39, 0.29) is 11.2 Å². The third kappa shape index (κ3) is 4.44. The van der Waals surface area contributed by atoms with Gasteiger partial charge in [-0.1, -0.05) is 6.92 Å². The lowest BCUT2D eigenvalue weighted by Crippen LogP contribution is -2.41. The Hall–Kier alpha value is -1.16. The fourth-order valence-corrected chi connectivity index (χ4v) is 3.40. The lowest BCUT2D eigenvalue weighted by atomic mass is 9.87. The van der Waals surface area contributed by atoms with Gasteiger partial charge in [0.1, 0.15) is 0 Å². The summed E-state index contributed by atoms with van der Waals surface area (Å²) in [5, 5.41) is 3.12. The van der Waals surface area contributed by atoms with Gasteiger partial charge in [-0.3, -0.25) is 4.79 Å². The van der Waals surface area contributed by atoms with Gasteiger partial charge < -0.3 is 11.1 Å². The number of benzene rings is 1. The van der Waals surface area contributed by atoms with E-state index in [1.54, 1.807) is 11.8 Å². The summed E-state index contributed by atoms with van der Waals surface area (Å²) in [4.78, 5) is 13.3. The van der Waals surface area contributed by atoms with Gasteiger partial charge in [-0.2, -0.15) is 0 Å². The van der Waals surface area contributed by atoms with Crippen molar-refractivity contribution in [3.63, 3.8) is 0 Å². The molecule has 4 heteroatoms. The number of carbonyl (C=O) groups excluding carboxylic acids is 1. The predicted octanol–water partition coefficient (Wildman–Crippen LogP) is 3.44. The molecule has 1 aromatic carbocycles. The summed E-state index contributed by atoms with van der Waals surface area (Å²) in [6.45, 7) is 4.25. The highest BCUT2D eigenvalue weighted by molar-refractivity contribution is 8.00. The Kier molecular flexibility index (Phi) is 5.35. The van der Waals surface area contributed by atoms with E-state index in [0.29, 0.717) is 6.04 Å². The predicted molar refractivity (Wildman–Crippen MR) is 85.7 cm³/mol. The average Bonchev–Trinajstić information content (AvgIpc) is 2.44. The van der Waals surface area contributed by atoms with Gasteiger partial charge in [-0.05, 0) is 62.8 Å². The molecule has 0 spiro atoms. The summed E-state index contributed by atoms with van der Waals surface area (Å²) >= 11 is 1.58. The first-order valence-corrected chi connectivity index (χ1v) is 8.25. The molecule has 0 aromatic heterocycles. The van der Waals surface area contributed by atoms with E-state index in [1.807, 2.05) is 31.2 Å². The van der Waals surface area contributed by atoms with E-state index < -0.39 is 0 Å². The maximum Gasteiger partial charge on any atom is 0.233 e. The van der Waals surface area contributed by atoms with Crippen molar-refractivity contribution in [3.8, 4) is 0 Å². The maximum absolute atomic E-state index is 12.2. The summed E-state index contributed by atoms with van der Waals surface area (Å²) in [5.74, 6) is 0.955. The van der Waals surface area contributed by atoms with Crippen LogP contribution in [0.15, 0.2) is 29.2 Å². The number of anilines is 1. The average molecular weight is 292 g/mol. The first-order valence-electron chi connectivity index (χ1n) is 7.37. The maximum atomic E-state index is 12.2. The van der Waals surface area contributed by atoms with E-state index in [1.165, 1.54) is 12.8 Å². The molecule has 0 aliphatic heterocycles. The third-order valence-corrected chi connectivity index (χ3v) is 5.04. The molecule has 20 heavy (non-hydrogen) atoms. The van der Waals surface area contributed by atoms with E-state index >= 15 is 0 Å². The van der Waals surface area contributed by atoms with Crippen molar-refractivity contribution in [1.29, 1.82) is 0 Å². The van der Waals surface area contributed by atoms with Crippen LogP contribution in [0.4, 0.5) is 5.69 Å². The number of amides is 1. The van der Waals surface area contributed by atoms with Crippen LogP contribution in [-0.4, -0.2) is 17.2 Å². The minimum atomic E-state index is -0.0713. The summed E-state index contributed by atoms with van der Waals surface area (Å²) in [6.07, 6.45) is 4.69. The Bertz CT molecular complexity index is 438. The van der Waals surface area contributed by atoms with Crippen molar-refractivity contribution < 1.29 is 4.79 Å². The second-order valence-electron chi connectivity index (χ2n) is 5.79. The zero-order chi connectivity index (χ0) is 14.5. The molecule has 1 aromatic rings. The van der Waals surface area contributed by atoms with Crippen molar-refractivity contribution in [2.24, 2.45) is 5.92 Å². The van der Waals surface area contributed by atoms with Crippen molar-refractivity contribution in [2.45, 2.75) is 55.7 Å². The number of hydrogen-bond acceptors (Lipinski definition) is 3. The Morgan fingerprint density at radius 3 is 2.45 bits per heavy atom. The molecule has 0 radical (unpaired) electrons. The SMILES string of the molecule is CC1CCC(NC(=O)C(C)Sc2ccc(N)cc2)CC1. The number of nitrogens with one attached hydrogen (secondary N) is 1. The third-order valence-electron chi connectivity index (χ3n) is 3.92. The first-order chi connectivity index (χ1) is 9.54. The second kappa shape index (κ2) is 7.02. The normalized spacial score (nSPS) is 24.1. The van der Waals surface area contributed by atoms with E-state index in [0.717, 1.165) is 29.3 Å². The van der Waals surface area contributed by atoms with Crippen LogP contribution < -0.4 is 11.1 Å². The van der Waals surface area contributed by atoms with Crippen molar-refractivity contribution >= 4 is 23.4 Å². The standard InChI is InChI=1S/C16H24N2OS/c1-11-3-7-14(8-4-11)18-16(19)12(2)20-15-9-5-13(17)6-10-15/h5-6,9-12,14H,3-4,7-8,17H2,1-2H3,(H,18,19). The number of nitrogen functional groups attached to an aromatic ring is 1. The van der Waals surface area contributed by atoms with Gasteiger partial charge in [0.05, 0.1) is 5.25 Å². The molecular weight excluding hydrogens is 268 g/mol. The van der Waals surface area contributed by atoms with Gasteiger partial charge >= 0.3 is 0 Å². The van der Waals surface area contributed by atoms with Crippen LogP contribution in [-0.2, 0) is 4.79 Å². The molecular formula is C16H24N2OS. The van der Waals surface area contributed by atoms with Gasteiger partial charge in [-0.25, -0.2) is 0 Å². The van der Waals surface area contributed by atoms with Crippen LogP contribution in [0.3, 0.4) is 0 Å². The van der Waals surface area contributed by atoms with Crippen molar-refractivity contribution in [1.82, 2.24) is 5.32 Å². The van der Waals surface area contributed by atoms with Gasteiger partial charge in [0.2, 0.25) is 5.91 Å². The van der Waals surface area contributed by atoms with Gasteiger partial charge in [0.25, 0.3) is 0 Å². The zero-order valence-electron chi connectivity index (χ0n) is 12.3. The fraction of sp³-hybridized carbons (Fsp3) is 0.562.